The molecule has 19 heavy (non-hydrogen) atoms. The monoisotopic (exact) mass is 263 g/mol. The fourth-order valence-electron chi connectivity index (χ4n) is 1.39. The molecule has 0 heterocycles. The van der Waals surface area contributed by atoms with Crippen molar-refractivity contribution < 1.29 is 19.4 Å². The lowest BCUT2D eigenvalue weighted by Crippen LogP contribution is -2.37. The average molecular weight is 263 g/mol. The third kappa shape index (κ3) is 4.83. The molecule has 0 saturated heterocycles. The summed E-state index contributed by atoms with van der Waals surface area (Å²) < 4.78 is 5.41. The zero-order valence-corrected chi connectivity index (χ0v) is 10.9. The molecule has 0 aliphatic heterocycles. The number of aliphatic carboxylic acids is 1. The molecule has 0 bridgehead atoms. The Morgan fingerprint density at radius 1 is 1.42 bits per heavy atom. The minimum absolute atomic E-state index is 0.457. The Bertz CT molecular complexity index is 482. The zero-order valence-electron chi connectivity index (χ0n) is 10.9. The van der Waals surface area contributed by atoms with Crippen LogP contribution < -0.4 is 10.1 Å². The predicted molar refractivity (Wildman–Crippen MR) is 71.9 cm³/mol. The van der Waals surface area contributed by atoms with E-state index in [1.165, 1.54) is 13.0 Å². The third-order valence-electron chi connectivity index (χ3n) is 2.36. The lowest BCUT2D eigenvalue weighted by atomic mass is 10.2. The fourth-order valence-corrected chi connectivity index (χ4v) is 1.39. The van der Waals surface area contributed by atoms with Gasteiger partial charge in [0.2, 0.25) is 5.91 Å². The minimum Gasteiger partial charge on any atom is -0.493 e. The topological polar surface area (TPSA) is 75.6 Å². The third-order valence-corrected chi connectivity index (χ3v) is 2.36. The highest BCUT2D eigenvalue weighted by molar-refractivity contribution is 5.94. The van der Waals surface area contributed by atoms with E-state index in [2.05, 4.69) is 5.32 Å². The van der Waals surface area contributed by atoms with Gasteiger partial charge >= 0.3 is 5.97 Å². The number of carboxylic acids is 1. The van der Waals surface area contributed by atoms with Gasteiger partial charge in [0, 0.05) is 11.6 Å². The summed E-state index contributed by atoms with van der Waals surface area (Å²) in [6.45, 7) is 3.82. The van der Waals surface area contributed by atoms with Gasteiger partial charge in [-0.1, -0.05) is 18.2 Å². The van der Waals surface area contributed by atoms with Crippen LogP contribution in [0.25, 0.3) is 6.08 Å². The van der Waals surface area contributed by atoms with Gasteiger partial charge in [0.05, 0.1) is 6.61 Å². The number of ether oxygens (including phenoxy) is 1. The minimum atomic E-state index is -1.07. The second-order valence-electron chi connectivity index (χ2n) is 3.87. The van der Waals surface area contributed by atoms with Gasteiger partial charge in [0.25, 0.3) is 0 Å². The van der Waals surface area contributed by atoms with Crippen molar-refractivity contribution in [3.63, 3.8) is 0 Å². The lowest BCUT2D eigenvalue weighted by molar-refractivity contribution is -0.140. The molecule has 0 saturated carbocycles. The molecule has 0 aromatic heterocycles. The van der Waals surface area contributed by atoms with Crippen LogP contribution in [-0.2, 0) is 9.59 Å². The van der Waals surface area contributed by atoms with Gasteiger partial charge in [-0.3, -0.25) is 9.59 Å². The number of hydrogen-bond acceptors (Lipinski definition) is 3. The molecule has 1 rings (SSSR count). The molecule has 1 aromatic rings. The van der Waals surface area contributed by atoms with Crippen molar-refractivity contribution in [3.8, 4) is 5.75 Å². The van der Waals surface area contributed by atoms with Crippen molar-refractivity contribution in [2.24, 2.45) is 0 Å². The molecule has 0 fully saturated rings. The van der Waals surface area contributed by atoms with E-state index in [-0.39, 0.29) is 0 Å². The summed E-state index contributed by atoms with van der Waals surface area (Å²) in [5.41, 5.74) is 0.766. The number of benzene rings is 1. The van der Waals surface area contributed by atoms with E-state index >= 15 is 0 Å². The molecular formula is C14H17NO4. The van der Waals surface area contributed by atoms with Crippen LogP contribution in [0, 0.1) is 0 Å². The van der Waals surface area contributed by atoms with Gasteiger partial charge in [-0.05, 0) is 26.0 Å². The van der Waals surface area contributed by atoms with E-state index in [1.807, 2.05) is 25.1 Å². The maximum Gasteiger partial charge on any atom is 0.325 e. The van der Waals surface area contributed by atoms with E-state index in [1.54, 1.807) is 12.1 Å². The lowest BCUT2D eigenvalue weighted by Gasteiger charge is -2.07. The van der Waals surface area contributed by atoms with Gasteiger partial charge in [0.1, 0.15) is 11.8 Å². The van der Waals surface area contributed by atoms with Crippen molar-refractivity contribution in [3.05, 3.63) is 35.9 Å². The summed E-state index contributed by atoms with van der Waals surface area (Å²) in [6, 6.07) is 6.38. The molecule has 5 nitrogen and oxygen atoms in total. The maximum atomic E-state index is 11.5. The van der Waals surface area contributed by atoms with Crippen molar-refractivity contribution in [2.75, 3.05) is 6.61 Å². The molecule has 1 atom stereocenters. The van der Waals surface area contributed by atoms with E-state index < -0.39 is 17.9 Å². The molecule has 0 aliphatic carbocycles. The molecule has 5 heteroatoms. The first-order valence-electron chi connectivity index (χ1n) is 5.97. The summed E-state index contributed by atoms with van der Waals surface area (Å²) in [6.07, 6.45) is 2.88. The first kappa shape index (κ1) is 14.8. The van der Waals surface area contributed by atoms with Crippen LogP contribution in [0.2, 0.25) is 0 Å². The highest BCUT2D eigenvalue weighted by Gasteiger charge is 2.11. The van der Waals surface area contributed by atoms with E-state index in [9.17, 15) is 9.59 Å². The van der Waals surface area contributed by atoms with Crippen LogP contribution in [0.15, 0.2) is 30.3 Å². The van der Waals surface area contributed by atoms with Gasteiger partial charge < -0.3 is 15.2 Å². The molecule has 2 N–H and O–H groups in total. The molecule has 0 radical (unpaired) electrons. The molecule has 1 amide bonds. The quantitative estimate of drug-likeness (QED) is 0.766. The van der Waals surface area contributed by atoms with E-state index in [0.717, 1.165) is 5.56 Å². The summed E-state index contributed by atoms with van der Waals surface area (Å²) in [7, 11) is 0. The SMILES string of the molecule is CCOc1ccccc1/C=C/C(=O)N[C@@H](C)C(=O)O. The number of para-hydroxylation sites is 1. The largest absolute Gasteiger partial charge is 0.493 e. The highest BCUT2D eigenvalue weighted by atomic mass is 16.5. The van der Waals surface area contributed by atoms with Crippen molar-refractivity contribution in [2.45, 2.75) is 19.9 Å². The molecule has 1 aromatic carbocycles. The van der Waals surface area contributed by atoms with Crippen LogP contribution in [0.3, 0.4) is 0 Å². The Balaban J connectivity index is 2.71. The number of carbonyl (C=O) groups is 2. The number of carbonyl (C=O) groups excluding carboxylic acids is 1. The Labute approximate surface area is 111 Å². The summed E-state index contributed by atoms with van der Waals surface area (Å²) in [5.74, 6) is -0.849. The summed E-state index contributed by atoms with van der Waals surface area (Å²) in [5, 5.41) is 11.0. The maximum absolute atomic E-state index is 11.5. The fraction of sp³-hybridized carbons (Fsp3) is 0.286. The Morgan fingerprint density at radius 3 is 2.74 bits per heavy atom. The number of rotatable bonds is 6. The van der Waals surface area contributed by atoms with Crippen LogP contribution >= 0.6 is 0 Å². The van der Waals surface area contributed by atoms with Gasteiger partial charge in [-0.25, -0.2) is 0 Å². The zero-order chi connectivity index (χ0) is 14.3. The average Bonchev–Trinajstić information content (AvgIpc) is 2.38. The number of hydrogen-bond donors (Lipinski definition) is 2. The molecule has 0 unspecified atom stereocenters. The second-order valence-corrected chi connectivity index (χ2v) is 3.87. The Hall–Kier alpha value is -2.30. The van der Waals surface area contributed by atoms with Gasteiger partial charge in [-0.2, -0.15) is 0 Å². The standard InChI is InChI=1S/C14H17NO4/c1-3-19-12-7-5-4-6-11(12)8-9-13(16)15-10(2)14(17)18/h4-10H,3H2,1-2H3,(H,15,16)(H,17,18)/b9-8+/t10-/m0/s1. The summed E-state index contributed by atoms with van der Waals surface area (Å²) in [4.78, 5) is 22.1. The van der Waals surface area contributed by atoms with Crippen LogP contribution in [-0.4, -0.2) is 29.6 Å². The molecule has 0 spiro atoms. The van der Waals surface area contributed by atoms with Crippen LogP contribution in [0.1, 0.15) is 19.4 Å². The number of amides is 1. The van der Waals surface area contributed by atoms with Gasteiger partial charge in [-0.15, -0.1) is 0 Å². The first-order chi connectivity index (χ1) is 9.04. The first-order valence-corrected chi connectivity index (χ1v) is 5.97. The number of carboxylic acid groups (broad SMARTS) is 1. The molecular weight excluding hydrogens is 246 g/mol. The number of nitrogens with one attached hydrogen (secondary N) is 1. The normalized spacial score (nSPS) is 12.1. The molecule has 102 valence electrons. The Morgan fingerprint density at radius 2 is 2.11 bits per heavy atom. The van der Waals surface area contributed by atoms with E-state index in [0.29, 0.717) is 12.4 Å². The van der Waals surface area contributed by atoms with Crippen molar-refractivity contribution in [1.82, 2.24) is 5.32 Å². The van der Waals surface area contributed by atoms with Gasteiger partial charge in [0.15, 0.2) is 0 Å². The van der Waals surface area contributed by atoms with Crippen LogP contribution in [0.5, 0.6) is 5.75 Å². The predicted octanol–water partition coefficient (Wildman–Crippen LogP) is 1.69. The summed E-state index contributed by atoms with van der Waals surface area (Å²) >= 11 is 0. The van der Waals surface area contributed by atoms with Crippen LogP contribution in [0.4, 0.5) is 0 Å². The van der Waals surface area contributed by atoms with E-state index in [4.69, 9.17) is 9.84 Å². The second kappa shape index (κ2) is 7.20. The highest BCUT2D eigenvalue weighted by Crippen LogP contribution is 2.19. The van der Waals surface area contributed by atoms with Crippen molar-refractivity contribution >= 4 is 18.0 Å². The van der Waals surface area contributed by atoms with Crippen molar-refractivity contribution in [1.29, 1.82) is 0 Å². The molecule has 0 aliphatic rings. The smallest absolute Gasteiger partial charge is 0.325 e. The Kier molecular flexibility index (Phi) is 5.60.